The zero-order valence-corrected chi connectivity index (χ0v) is 7.71. The molecule has 0 radical (unpaired) electrons. The Kier molecular flexibility index (Phi) is 2.87. The molecule has 0 spiro atoms. The summed E-state index contributed by atoms with van der Waals surface area (Å²) in [5, 5.41) is 3.27. The highest BCUT2D eigenvalue weighted by Gasteiger charge is 2.26. The maximum atomic E-state index is 11.4. The predicted molar refractivity (Wildman–Crippen MR) is 48.8 cm³/mol. The van der Waals surface area contributed by atoms with Gasteiger partial charge in [0.15, 0.2) is 0 Å². The van der Waals surface area contributed by atoms with E-state index < -0.39 is 0 Å². The van der Waals surface area contributed by atoms with Crippen LogP contribution in [-0.2, 0) is 4.79 Å². The van der Waals surface area contributed by atoms with Gasteiger partial charge in [-0.1, -0.05) is 6.58 Å². The van der Waals surface area contributed by atoms with Crippen LogP contribution in [0.4, 0.5) is 0 Å². The topological polar surface area (TPSA) is 32.3 Å². The number of nitrogens with zero attached hydrogens (tertiary/aromatic N) is 1. The highest BCUT2D eigenvalue weighted by Crippen LogP contribution is 2.09. The van der Waals surface area contributed by atoms with Crippen LogP contribution in [0.3, 0.4) is 0 Å². The highest BCUT2D eigenvalue weighted by atomic mass is 16.2. The van der Waals surface area contributed by atoms with Gasteiger partial charge in [0.25, 0.3) is 0 Å². The summed E-state index contributed by atoms with van der Waals surface area (Å²) in [5.74, 6) is 0.0384. The van der Waals surface area contributed by atoms with Crippen molar-refractivity contribution in [3.05, 3.63) is 12.7 Å². The van der Waals surface area contributed by atoms with E-state index in [1.165, 1.54) is 6.08 Å². The maximum Gasteiger partial charge on any atom is 0.246 e. The smallest absolute Gasteiger partial charge is 0.246 e. The van der Waals surface area contributed by atoms with E-state index in [0.717, 1.165) is 13.1 Å². The van der Waals surface area contributed by atoms with Gasteiger partial charge in [-0.15, -0.1) is 0 Å². The maximum absolute atomic E-state index is 11.4. The van der Waals surface area contributed by atoms with Crippen LogP contribution in [0.15, 0.2) is 12.7 Å². The van der Waals surface area contributed by atoms with Gasteiger partial charge < -0.3 is 10.2 Å². The molecule has 1 fully saturated rings. The van der Waals surface area contributed by atoms with Crippen molar-refractivity contribution in [2.24, 2.45) is 0 Å². The average Bonchev–Trinajstić information content (AvgIpc) is 2.03. The van der Waals surface area contributed by atoms with E-state index in [9.17, 15) is 4.79 Å². The number of nitrogens with one attached hydrogen (secondary N) is 1. The Hall–Kier alpha value is -0.830. The molecule has 1 aliphatic heterocycles. The largest absolute Gasteiger partial charge is 0.331 e. The fourth-order valence-corrected chi connectivity index (χ4v) is 1.67. The number of hydrogen-bond acceptors (Lipinski definition) is 2. The molecule has 0 bridgehead atoms. The second-order valence-electron chi connectivity index (χ2n) is 3.31. The number of rotatable bonds is 1. The van der Waals surface area contributed by atoms with Gasteiger partial charge >= 0.3 is 0 Å². The van der Waals surface area contributed by atoms with Crippen molar-refractivity contribution in [3.63, 3.8) is 0 Å². The lowest BCUT2D eigenvalue weighted by Gasteiger charge is -2.38. The van der Waals surface area contributed by atoms with Gasteiger partial charge in [-0.05, 0) is 19.9 Å². The molecule has 0 aromatic rings. The first kappa shape index (κ1) is 9.26. The summed E-state index contributed by atoms with van der Waals surface area (Å²) in [6, 6.07) is 0.554. The molecule has 1 heterocycles. The predicted octanol–water partition coefficient (Wildman–Crippen LogP) is 0.381. The first-order valence-electron chi connectivity index (χ1n) is 4.32. The Morgan fingerprint density at radius 3 is 2.42 bits per heavy atom. The number of carbonyl (C=O) groups excluding carboxylic acids is 1. The number of piperazine rings is 1. The molecule has 0 aliphatic carbocycles. The van der Waals surface area contributed by atoms with Gasteiger partial charge in [0, 0.05) is 25.2 Å². The summed E-state index contributed by atoms with van der Waals surface area (Å²) in [4.78, 5) is 13.2. The standard InChI is InChI=1S/C9H16N2O/c1-4-9(12)11-7(2)5-10-6-8(11)3/h4,7-8,10H,1,5-6H2,2-3H3/t7-,8-/m1/s1. The third-order valence-electron chi connectivity index (χ3n) is 2.26. The monoisotopic (exact) mass is 168 g/mol. The van der Waals surface area contributed by atoms with Crippen LogP contribution in [0.5, 0.6) is 0 Å². The summed E-state index contributed by atoms with van der Waals surface area (Å²) >= 11 is 0. The fraction of sp³-hybridized carbons (Fsp3) is 0.667. The van der Waals surface area contributed by atoms with Crippen molar-refractivity contribution >= 4 is 5.91 Å². The lowest BCUT2D eigenvalue weighted by Crippen LogP contribution is -2.56. The van der Waals surface area contributed by atoms with Crippen LogP contribution in [-0.4, -0.2) is 36.0 Å². The third-order valence-corrected chi connectivity index (χ3v) is 2.26. The molecular weight excluding hydrogens is 152 g/mol. The SMILES string of the molecule is C=CC(=O)N1[C@H](C)CNC[C@H]1C. The van der Waals surface area contributed by atoms with Crippen LogP contribution in [0, 0.1) is 0 Å². The van der Waals surface area contributed by atoms with E-state index in [2.05, 4.69) is 11.9 Å². The molecule has 3 heteroatoms. The first-order valence-corrected chi connectivity index (χ1v) is 4.32. The van der Waals surface area contributed by atoms with Crippen molar-refractivity contribution in [3.8, 4) is 0 Å². The molecule has 2 atom stereocenters. The van der Waals surface area contributed by atoms with E-state index in [1.54, 1.807) is 0 Å². The molecule has 0 aromatic carbocycles. The molecule has 0 saturated carbocycles. The zero-order chi connectivity index (χ0) is 9.14. The minimum absolute atomic E-state index is 0.0384. The van der Waals surface area contributed by atoms with Crippen LogP contribution in [0.1, 0.15) is 13.8 Å². The molecule has 0 unspecified atom stereocenters. The van der Waals surface area contributed by atoms with Gasteiger partial charge in [0.1, 0.15) is 0 Å². The van der Waals surface area contributed by atoms with E-state index in [0.29, 0.717) is 0 Å². The van der Waals surface area contributed by atoms with E-state index >= 15 is 0 Å². The van der Waals surface area contributed by atoms with Gasteiger partial charge in [-0.2, -0.15) is 0 Å². The zero-order valence-electron chi connectivity index (χ0n) is 7.71. The third kappa shape index (κ3) is 1.67. The Morgan fingerprint density at radius 1 is 1.50 bits per heavy atom. The van der Waals surface area contributed by atoms with E-state index in [4.69, 9.17) is 0 Å². The summed E-state index contributed by atoms with van der Waals surface area (Å²) < 4.78 is 0. The summed E-state index contributed by atoms with van der Waals surface area (Å²) in [6.07, 6.45) is 1.39. The van der Waals surface area contributed by atoms with Gasteiger partial charge in [0.05, 0.1) is 0 Å². The van der Waals surface area contributed by atoms with Crippen molar-refractivity contribution in [1.29, 1.82) is 0 Å². The lowest BCUT2D eigenvalue weighted by atomic mass is 10.1. The van der Waals surface area contributed by atoms with E-state index in [-0.39, 0.29) is 18.0 Å². The lowest BCUT2D eigenvalue weighted by molar-refractivity contribution is -0.131. The van der Waals surface area contributed by atoms with Crippen LogP contribution < -0.4 is 5.32 Å². The van der Waals surface area contributed by atoms with Crippen molar-refractivity contribution in [2.45, 2.75) is 25.9 Å². The highest BCUT2D eigenvalue weighted by molar-refractivity contribution is 5.87. The van der Waals surface area contributed by atoms with Crippen molar-refractivity contribution in [2.75, 3.05) is 13.1 Å². The Morgan fingerprint density at radius 2 is 2.00 bits per heavy atom. The fourth-order valence-electron chi connectivity index (χ4n) is 1.67. The van der Waals surface area contributed by atoms with Gasteiger partial charge in [0.2, 0.25) is 5.91 Å². The summed E-state index contributed by atoms with van der Waals surface area (Å²) in [5.41, 5.74) is 0. The van der Waals surface area contributed by atoms with Crippen molar-refractivity contribution < 1.29 is 4.79 Å². The number of carbonyl (C=O) groups is 1. The molecule has 1 amide bonds. The molecule has 68 valence electrons. The average molecular weight is 168 g/mol. The number of hydrogen-bond donors (Lipinski definition) is 1. The molecule has 1 aliphatic rings. The molecule has 3 nitrogen and oxygen atoms in total. The normalized spacial score (nSPS) is 30.0. The Labute approximate surface area is 73.4 Å². The van der Waals surface area contributed by atoms with E-state index in [1.807, 2.05) is 18.7 Å². The molecular formula is C9H16N2O. The van der Waals surface area contributed by atoms with Crippen LogP contribution >= 0.6 is 0 Å². The molecule has 1 rings (SSSR count). The number of amides is 1. The molecule has 12 heavy (non-hydrogen) atoms. The van der Waals surface area contributed by atoms with Crippen LogP contribution in [0.25, 0.3) is 0 Å². The first-order chi connectivity index (χ1) is 5.66. The molecule has 1 saturated heterocycles. The summed E-state index contributed by atoms with van der Waals surface area (Å²) in [6.45, 7) is 9.34. The van der Waals surface area contributed by atoms with Crippen molar-refractivity contribution in [1.82, 2.24) is 10.2 Å². The Bertz CT molecular complexity index is 181. The second kappa shape index (κ2) is 3.72. The Balaban J connectivity index is 2.68. The minimum atomic E-state index is 0.0384. The molecule has 0 aromatic heterocycles. The summed E-state index contributed by atoms with van der Waals surface area (Å²) in [7, 11) is 0. The van der Waals surface area contributed by atoms with Gasteiger partial charge in [-0.3, -0.25) is 4.79 Å². The van der Waals surface area contributed by atoms with Gasteiger partial charge in [-0.25, -0.2) is 0 Å². The van der Waals surface area contributed by atoms with Crippen LogP contribution in [0.2, 0.25) is 0 Å². The second-order valence-corrected chi connectivity index (χ2v) is 3.31. The molecule has 1 N–H and O–H groups in total. The minimum Gasteiger partial charge on any atom is -0.331 e. The quantitative estimate of drug-likeness (QED) is 0.574.